The third-order valence-corrected chi connectivity index (χ3v) is 3.99. The summed E-state index contributed by atoms with van der Waals surface area (Å²) in [5, 5.41) is 12.2. The molecule has 134 valence electrons. The van der Waals surface area contributed by atoms with Gasteiger partial charge in [0.2, 0.25) is 12.6 Å². The van der Waals surface area contributed by atoms with Gasteiger partial charge in [-0.3, -0.25) is 0 Å². The van der Waals surface area contributed by atoms with Crippen molar-refractivity contribution in [2.75, 3.05) is 6.79 Å². The average Bonchev–Trinajstić information content (AvgIpc) is 3.24. The summed E-state index contributed by atoms with van der Waals surface area (Å²) in [6, 6.07) is 8.19. The number of hydrogen-bond acceptors (Lipinski definition) is 5. The molecule has 0 atom stereocenters. The van der Waals surface area contributed by atoms with Crippen LogP contribution < -0.4 is 9.47 Å². The molecule has 0 saturated heterocycles. The molecule has 0 N–H and O–H groups in total. The van der Waals surface area contributed by atoms with Gasteiger partial charge in [0.1, 0.15) is 0 Å². The number of aromatic nitrogens is 4. The third-order valence-electron chi connectivity index (χ3n) is 3.71. The van der Waals surface area contributed by atoms with Crippen LogP contribution in [0.25, 0.3) is 11.4 Å². The lowest BCUT2D eigenvalue weighted by Crippen LogP contribution is -2.05. The van der Waals surface area contributed by atoms with Crippen LogP contribution in [0.4, 0.5) is 13.2 Å². The van der Waals surface area contributed by atoms with Crippen molar-refractivity contribution in [2.24, 2.45) is 0 Å². The van der Waals surface area contributed by atoms with Gasteiger partial charge in [-0.15, -0.1) is 10.2 Å². The predicted octanol–water partition coefficient (Wildman–Crippen LogP) is 3.79. The number of halogens is 4. The van der Waals surface area contributed by atoms with E-state index in [2.05, 4.69) is 15.4 Å². The van der Waals surface area contributed by atoms with Gasteiger partial charge in [0, 0.05) is 5.56 Å². The number of tetrazole rings is 1. The Kier molecular flexibility index (Phi) is 3.95. The van der Waals surface area contributed by atoms with Crippen LogP contribution in [0.3, 0.4) is 0 Å². The number of hydrogen-bond donors (Lipinski definition) is 0. The molecule has 0 fully saturated rings. The van der Waals surface area contributed by atoms with Crippen molar-refractivity contribution in [1.82, 2.24) is 20.2 Å². The average molecular weight is 383 g/mol. The highest BCUT2D eigenvalue weighted by Crippen LogP contribution is 2.40. The minimum Gasteiger partial charge on any atom is -0.454 e. The molecule has 0 bridgehead atoms. The highest BCUT2D eigenvalue weighted by Gasteiger charge is 2.30. The van der Waals surface area contributed by atoms with Gasteiger partial charge < -0.3 is 9.47 Å². The van der Waals surface area contributed by atoms with E-state index in [-0.39, 0.29) is 24.7 Å². The Morgan fingerprint density at radius 2 is 2.00 bits per heavy atom. The maximum Gasteiger partial charge on any atom is 0.416 e. The van der Waals surface area contributed by atoms with Crippen molar-refractivity contribution in [1.29, 1.82) is 0 Å². The van der Waals surface area contributed by atoms with Crippen molar-refractivity contribution in [2.45, 2.75) is 12.7 Å². The lowest BCUT2D eigenvalue weighted by atomic mass is 10.1. The van der Waals surface area contributed by atoms with Crippen LogP contribution >= 0.6 is 11.6 Å². The smallest absolute Gasteiger partial charge is 0.416 e. The molecule has 6 nitrogen and oxygen atoms in total. The van der Waals surface area contributed by atoms with E-state index >= 15 is 0 Å². The molecule has 0 aliphatic carbocycles. The fourth-order valence-corrected chi connectivity index (χ4v) is 2.82. The van der Waals surface area contributed by atoms with E-state index in [1.54, 1.807) is 12.1 Å². The SMILES string of the molecule is FC(F)(F)c1cccc(-c2nnn(Cc3cc(Cl)c4c(c3)OCO4)n2)c1. The van der Waals surface area contributed by atoms with Gasteiger partial charge >= 0.3 is 6.18 Å². The molecule has 2 aromatic carbocycles. The van der Waals surface area contributed by atoms with Crippen molar-refractivity contribution in [3.63, 3.8) is 0 Å². The zero-order valence-electron chi connectivity index (χ0n) is 13.0. The molecule has 26 heavy (non-hydrogen) atoms. The quantitative estimate of drug-likeness (QED) is 0.689. The lowest BCUT2D eigenvalue weighted by Gasteiger charge is -2.06. The second-order valence-corrected chi connectivity index (χ2v) is 5.94. The summed E-state index contributed by atoms with van der Waals surface area (Å²) >= 11 is 6.13. The second-order valence-electron chi connectivity index (χ2n) is 5.53. The first-order valence-corrected chi connectivity index (χ1v) is 7.81. The third kappa shape index (κ3) is 3.17. The summed E-state index contributed by atoms with van der Waals surface area (Å²) < 4.78 is 49.0. The standard InChI is InChI=1S/C16H10ClF3N4O2/c17-12-4-9(5-13-14(12)26-8-25-13)7-24-22-15(21-23-24)10-2-1-3-11(6-10)16(18,19)20/h1-6H,7-8H2. The molecule has 0 radical (unpaired) electrons. The minimum atomic E-state index is -4.44. The molecule has 2 heterocycles. The molecule has 0 unspecified atom stereocenters. The first-order valence-electron chi connectivity index (χ1n) is 7.43. The highest BCUT2D eigenvalue weighted by molar-refractivity contribution is 6.32. The van der Waals surface area contributed by atoms with Crippen molar-refractivity contribution in [3.8, 4) is 22.9 Å². The van der Waals surface area contributed by atoms with E-state index in [1.807, 2.05) is 0 Å². The predicted molar refractivity (Wildman–Crippen MR) is 84.9 cm³/mol. The molecule has 0 saturated carbocycles. The van der Waals surface area contributed by atoms with Crippen molar-refractivity contribution in [3.05, 3.63) is 52.5 Å². The first-order chi connectivity index (χ1) is 12.4. The first kappa shape index (κ1) is 16.6. The van der Waals surface area contributed by atoms with E-state index in [9.17, 15) is 13.2 Å². The lowest BCUT2D eigenvalue weighted by molar-refractivity contribution is -0.137. The highest BCUT2D eigenvalue weighted by atomic mass is 35.5. The molecule has 4 rings (SSSR count). The van der Waals surface area contributed by atoms with E-state index in [1.165, 1.54) is 16.9 Å². The number of nitrogens with zero attached hydrogens (tertiary/aromatic N) is 4. The molecule has 0 spiro atoms. The van der Waals surface area contributed by atoms with Crippen molar-refractivity contribution >= 4 is 11.6 Å². The largest absolute Gasteiger partial charge is 0.454 e. The van der Waals surface area contributed by atoms with Crippen LogP contribution in [-0.2, 0) is 12.7 Å². The van der Waals surface area contributed by atoms with Gasteiger partial charge in [-0.05, 0) is 35.0 Å². The van der Waals surface area contributed by atoms with Crippen LogP contribution in [0.15, 0.2) is 36.4 Å². The maximum atomic E-state index is 12.8. The monoisotopic (exact) mass is 382 g/mol. The van der Waals surface area contributed by atoms with Gasteiger partial charge in [-0.2, -0.15) is 18.0 Å². The summed E-state index contributed by atoms with van der Waals surface area (Å²) in [5.74, 6) is 1.10. The molecule has 1 aliphatic rings. The van der Waals surface area contributed by atoms with Gasteiger partial charge in [-0.1, -0.05) is 23.7 Å². The molecular weight excluding hydrogens is 373 g/mol. The topological polar surface area (TPSA) is 62.1 Å². The number of ether oxygens (including phenoxy) is 2. The van der Waals surface area contributed by atoms with Gasteiger partial charge in [-0.25, -0.2) is 0 Å². The summed E-state index contributed by atoms with van der Waals surface area (Å²) in [4.78, 5) is 1.27. The Morgan fingerprint density at radius 3 is 2.81 bits per heavy atom. The van der Waals surface area contributed by atoms with Crippen LogP contribution in [0.2, 0.25) is 5.02 Å². The summed E-state index contributed by atoms with van der Waals surface area (Å²) in [7, 11) is 0. The molecular formula is C16H10ClF3N4O2. The van der Waals surface area contributed by atoms with E-state index in [0.29, 0.717) is 16.5 Å². The van der Waals surface area contributed by atoms with Crippen LogP contribution in [0.5, 0.6) is 11.5 Å². The van der Waals surface area contributed by atoms with Gasteiger partial charge in [0.05, 0.1) is 17.1 Å². The molecule has 1 aromatic heterocycles. The van der Waals surface area contributed by atoms with Crippen LogP contribution in [0, 0.1) is 0 Å². The van der Waals surface area contributed by atoms with E-state index < -0.39 is 11.7 Å². The number of alkyl halides is 3. The minimum absolute atomic E-state index is 0.0970. The number of benzene rings is 2. The second kappa shape index (κ2) is 6.17. The van der Waals surface area contributed by atoms with Gasteiger partial charge in [0.15, 0.2) is 11.5 Å². The molecule has 10 heteroatoms. The Bertz CT molecular complexity index is 974. The fraction of sp³-hybridized carbons (Fsp3) is 0.188. The Hall–Kier alpha value is -2.81. The summed E-state index contributed by atoms with van der Waals surface area (Å²) in [6.07, 6.45) is -4.44. The Morgan fingerprint density at radius 1 is 1.15 bits per heavy atom. The Labute approximate surface area is 150 Å². The fourth-order valence-electron chi connectivity index (χ4n) is 2.54. The van der Waals surface area contributed by atoms with Crippen LogP contribution in [-0.4, -0.2) is 27.0 Å². The molecule has 3 aromatic rings. The maximum absolute atomic E-state index is 12.8. The summed E-state index contributed by atoms with van der Waals surface area (Å²) in [5.41, 5.74) is 0.205. The normalized spacial score (nSPS) is 13.2. The van der Waals surface area contributed by atoms with E-state index in [4.69, 9.17) is 21.1 Å². The number of fused-ring (bicyclic) bond motifs is 1. The van der Waals surface area contributed by atoms with E-state index in [0.717, 1.165) is 17.7 Å². The van der Waals surface area contributed by atoms with Gasteiger partial charge in [0.25, 0.3) is 0 Å². The molecule has 1 aliphatic heterocycles. The zero-order chi connectivity index (χ0) is 18.3. The Balaban J connectivity index is 1.59. The summed E-state index contributed by atoms with van der Waals surface area (Å²) in [6.45, 7) is 0.322. The van der Waals surface area contributed by atoms with Crippen molar-refractivity contribution < 1.29 is 22.6 Å². The van der Waals surface area contributed by atoms with Crippen LogP contribution in [0.1, 0.15) is 11.1 Å². The number of rotatable bonds is 3. The molecule has 0 amide bonds. The zero-order valence-corrected chi connectivity index (χ0v) is 13.8.